The van der Waals surface area contributed by atoms with Gasteiger partial charge in [-0.3, -0.25) is 0 Å². The quantitative estimate of drug-likeness (QED) is 0.932. The molecule has 0 spiro atoms. The van der Waals surface area contributed by atoms with Gasteiger partial charge in [0.1, 0.15) is 10.9 Å². The molecule has 0 radical (unpaired) electrons. The zero-order valence-corrected chi connectivity index (χ0v) is 11.1. The molecule has 4 nitrogen and oxygen atoms in total. The molecule has 0 amide bonds. The summed E-state index contributed by atoms with van der Waals surface area (Å²) in [7, 11) is -4.14. The molecule has 1 aromatic carbocycles. The molecule has 9 heteroatoms. The van der Waals surface area contributed by atoms with Gasteiger partial charge in [0.2, 0.25) is 10.0 Å². The molecule has 0 saturated carbocycles. The van der Waals surface area contributed by atoms with Crippen molar-refractivity contribution in [3.05, 3.63) is 28.8 Å². The largest absolute Gasteiger partial charge is 0.416 e. The van der Waals surface area contributed by atoms with Gasteiger partial charge in [0.15, 0.2) is 0 Å². The van der Waals surface area contributed by atoms with Gasteiger partial charge in [-0.25, -0.2) is 8.42 Å². The maximum atomic E-state index is 12.4. The molecule has 1 rings (SSSR count). The molecule has 0 fully saturated rings. The van der Waals surface area contributed by atoms with E-state index in [1.54, 1.807) is 6.07 Å². The van der Waals surface area contributed by atoms with Crippen LogP contribution in [0.3, 0.4) is 0 Å². The number of sulfonamides is 1. The fourth-order valence-electron chi connectivity index (χ4n) is 1.22. The first kappa shape index (κ1) is 15.8. The fourth-order valence-corrected chi connectivity index (χ4v) is 2.91. The van der Waals surface area contributed by atoms with Crippen LogP contribution in [0, 0.1) is 11.3 Å². The number of benzene rings is 1. The van der Waals surface area contributed by atoms with Gasteiger partial charge < -0.3 is 0 Å². The van der Waals surface area contributed by atoms with Crippen molar-refractivity contribution in [2.75, 3.05) is 0 Å². The Morgan fingerprint density at radius 3 is 2.42 bits per heavy atom. The van der Waals surface area contributed by atoms with Crippen molar-refractivity contribution in [2.45, 2.75) is 24.0 Å². The topological polar surface area (TPSA) is 70.0 Å². The van der Waals surface area contributed by atoms with Crippen LogP contribution in [0.4, 0.5) is 13.2 Å². The van der Waals surface area contributed by atoms with E-state index in [4.69, 9.17) is 16.9 Å². The Kier molecular flexibility index (Phi) is 4.45. The predicted molar refractivity (Wildman–Crippen MR) is 61.9 cm³/mol. The fraction of sp³-hybridized carbons (Fsp3) is 0.300. The lowest BCUT2D eigenvalue weighted by Gasteiger charge is -2.12. The van der Waals surface area contributed by atoms with Gasteiger partial charge in [0.25, 0.3) is 0 Å². The Morgan fingerprint density at radius 1 is 1.42 bits per heavy atom. The lowest BCUT2D eigenvalue weighted by Crippen LogP contribution is -2.31. The number of nitrogens with zero attached hydrogens (tertiary/aromatic N) is 1. The zero-order valence-electron chi connectivity index (χ0n) is 9.49. The van der Waals surface area contributed by atoms with Crippen LogP contribution < -0.4 is 4.72 Å². The van der Waals surface area contributed by atoms with Gasteiger partial charge in [-0.05, 0) is 25.1 Å². The number of rotatable bonds is 3. The molecule has 0 heterocycles. The van der Waals surface area contributed by atoms with E-state index < -0.39 is 37.7 Å². The van der Waals surface area contributed by atoms with Crippen molar-refractivity contribution in [1.82, 2.24) is 4.72 Å². The van der Waals surface area contributed by atoms with Crippen LogP contribution in [0.1, 0.15) is 12.5 Å². The second-order valence-corrected chi connectivity index (χ2v) is 5.70. The van der Waals surface area contributed by atoms with Crippen LogP contribution in [0.25, 0.3) is 0 Å². The summed E-state index contributed by atoms with van der Waals surface area (Å²) in [5.74, 6) is 0. The standard InChI is InChI=1S/C10H8ClF3N2O2S/c1-6(5-15)16-19(17,18)9-3-2-7(4-8(9)11)10(12,13)14/h2-4,6,16H,1H3/t6-/m0/s1. The third-order valence-corrected chi connectivity index (χ3v) is 4.10. The van der Waals surface area contributed by atoms with E-state index in [9.17, 15) is 21.6 Å². The lowest BCUT2D eigenvalue weighted by molar-refractivity contribution is -0.137. The van der Waals surface area contributed by atoms with E-state index in [0.717, 1.165) is 6.07 Å². The smallest absolute Gasteiger partial charge is 0.207 e. The number of hydrogen-bond donors (Lipinski definition) is 1. The second-order valence-electron chi connectivity index (χ2n) is 3.62. The van der Waals surface area contributed by atoms with E-state index in [0.29, 0.717) is 12.1 Å². The van der Waals surface area contributed by atoms with Gasteiger partial charge in [0, 0.05) is 0 Å². The molecular formula is C10H8ClF3N2O2S. The minimum Gasteiger partial charge on any atom is -0.207 e. The molecule has 0 aromatic heterocycles. The molecule has 0 aliphatic carbocycles. The van der Waals surface area contributed by atoms with Crippen molar-refractivity contribution in [2.24, 2.45) is 0 Å². The Labute approximate surface area is 112 Å². The van der Waals surface area contributed by atoms with E-state index in [1.165, 1.54) is 6.92 Å². The molecule has 0 saturated heterocycles. The highest BCUT2D eigenvalue weighted by Gasteiger charge is 2.32. The zero-order chi connectivity index (χ0) is 14.8. The predicted octanol–water partition coefficient (Wildman–Crippen LogP) is 2.55. The van der Waals surface area contributed by atoms with Crippen molar-refractivity contribution >= 4 is 21.6 Å². The van der Waals surface area contributed by atoms with Crippen molar-refractivity contribution in [3.63, 3.8) is 0 Å². The monoisotopic (exact) mass is 312 g/mol. The Hall–Kier alpha value is -1.30. The van der Waals surface area contributed by atoms with E-state index in [2.05, 4.69) is 0 Å². The molecule has 104 valence electrons. The molecule has 1 aromatic rings. The first-order chi connectivity index (χ1) is 8.58. The molecule has 1 atom stereocenters. The Balaban J connectivity index is 3.21. The first-order valence-corrected chi connectivity index (χ1v) is 6.72. The van der Waals surface area contributed by atoms with Crippen LogP contribution in [0.5, 0.6) is 0 Å². The highest BCUT2D eigenvalue weighted by atomic mass is 35.5. The summed E-state index contributed by atoms with van der Waals surface area (Å²) < 4.78 is 62.7. The summed E-state index contributed by atoms with van der Waals surface area (Å²) in [6.45, 7) is 1.29. The van der Waals surface area contributed by atoms with Crippen molar-refractivity contribution in [3.8, 4) is 6.07 Å². The van der Waals surface area contributed by atoms with E-state index >= 15 is 0 Å². The number of hydrogen-bond acceptors (Lipinski definition) is 3. The minimum atomic E-state index is -4.61. The summed E-state index contributed by atoms with van der Waals surface area (Å²) in [4.78, 5) is -0.510. The van der Waals surface area contributed by atoms with Crippen LogP contribution >= 0.6 is 11.6 Å². The highest BCUT2D eigenvalue weighted by Crippen LogP contribution is 2.33. The summed E-state index contributed by atoms with van der Waals surface area (Å²) in [6.07, 6.45) is -4.61. The molecule has 0 aliphatic rings. The third-order valence-electron chi connectivity index (χ3n) is 2.07. The second kappa shape index (κ2) is 5.36. The van der Waals surface area contributed by atoms with Crippen molar-refractivity contribution < 1.29 is 21.6 Å². The van der Waals surface area contributed by atoms with Crippen molar-refractivity contribution in [1.29, 1.82) is 5.26 Å². The molecule has 0 unspecified atom stereocenters. The molecule has 1 N–H and O–H groups in total. The van der Waals surface area contributed by atoms with Crippen LogP contribution in [-0.2, 0) is 16.2 Å². The maximum Gasteiger partial charge on any atom is 0.416 e. The summed E-state index contributed by atoms with van der Waals surface area (Å²) in [5, 5.41) is 7.94. The van der Waals surface area contributed by atoms with E-state index in [1.807, 2.05) is 4.72 Å². The Bertz CT molecular complexity index is 623. The lowest BCUT2D eigenvalue weighted by atomic mass is 10.2. The van der Waals surface area contributed by atoms with Gasteiger partial charge >= 0.3 is 6.18 Å². The molecule has 0 bridgehead atoms. The number of alkyl halides is 3. The van der Waals surface area contributed by atoms with Gasteiger partial charge in [0.05, 0.1) is 16.7 Å². The van der Waals surface area contributed by atoms with Crippen LogP contribution in [0.15, 0.2) is 23.1 Å². The molecule has 19 heavy (non-hydrogen) atoms. The van der Waals surface area contributed by atoms with Crippen LogP contribution in [-0.4, -0.2) is 14.5 Å². The third kappa shape index (κ3) is 3.83. The van der Waals surface area contributed by atoms with Gasteiger partial charge in [-0.2, -0.15) is 23.2 Å². The van der Waals surface area contributed by atoms with E-state index in [-0.39, 0.29) is 0 Å². The highest BCUT2D eigenvalue weighted by molar-refractivity contribution is 7.89. The number of nitrogens with one attached hydrogen (secondary N) is 1. The van der Waals surface area contributed by atoms with Gasteiger partial charge in [-0.15, -0.1) is 0 Å². The summed E-state index contributed by atoms with van der Waals surface area (Å²) in [5.41, 5.74) is -1.05. The summed E-state index contributed by atoms with van der Waals surface area (Å²) >= 11 is 5.54. The van der Waals surface area contributed by atoms with Crippen LogP contribution in [0.2, 0.25) is 5.02 Å². The number of nitriles is 1. The average Bonchev–Trinajstić information content (AvgIpc) is 2.26. The Morgan fingerprint density at radius 2 is 2.00 bits per heavy atom. The number of halogens is 4. The SMILES string of the molecule is C[C@@H](C#N)NS(=O)(=O)c1ccc(C(F)(F)F)cc1Cl. The van der Waals surface area contributed by atoms with Gasteiger partial charge in [-0.1, -0.05) is 11.6 Å². The molecular weight excluding hydrogens is 305 g/mol. The molecule has 0 aliphatic heterocycles. The normalized spacial score (nSPS) is 13.9. The maximum absolute atomic E-state index is 12.4. The average molecular weight is 313 g/mol. The minimum absolute atomic E-state index is 0.510. The first-order valence-electron chi connectivity index (χ1n) is 4.86. The summed E-state index contributed by atoms with van der Waals surface area (Å²) in [6, 6.07) is 2.49.